The van der Waals surface area contributed by atoms with Crippen LogP contribution >= 0.6 is 0 Å². The summed E-state index contributed by atoms with van der Waals surface area (Å²) in [7, 11) is 1.87. The minimum atomic E-state index is -0.909. The van der Waals surface area contributed by atoms with Crippen LogP contribution in [0.4, 0.5) is 0 Å². The first-order valence-corrected chi connectivity index (χ1v) is 7.70. The zero-order valence-corrected chi connectivity index (χ0v) is 12.3. The molecule has 2 aliphatic carbocycles. The lowest BCUT2D eigenvalue weighted by atomic mass is 10.0. The molecule has 1 N–H and O–H groups in total. The van der Waals surface area contributed by atoms with Crippen molar-refractivity contribution in [2.75, 3.05) is 7.05 Å². The highest BCUT2D eigenvalue weighted by atomic mass is 16.4. The topological polar surface area (TPSA) is 57.6 Å². The number of fused-ring (bicyclic) bond motifs is 1. The average Bonchev–Trinajstić information content (AvgIpc) is 3.14. The highest BCUT2D eigenvalue weighted by Crippen LogP contribution is 2.37. The number of carboxylic acid groups (broad SMARTS) is 1. The Labute approximate surface area is 124 Å². The summed E-state index contributed by atoms with van der Waals surface area (Å²) in [5.74, 6) is -0.513. The summed E-state index contributed by atoms with van der Waals surface area (Å²) >= 11 is 0. The second-order valence-electron chi connectivity index (χ2n) is 6.20. The molecule has 0 aromatic heterocycles. The number of aromatic carboxylic acids is 1. The molecular formula is C17H21NO3. The van der Waals surface area contributed by atoms with Crippen LogP contribution in [0.3, 0.4) is 0 Å². The van der Waals surface area contributed by atoms with Crippen molar-refractivity contribution in [2.24, 2.45) is 5.92 Å². The van der Waals surface area contributed by atoms with Gasteiger partial charge in [0.1, 0.15) is 0 Å². The van der Waals surface area contributed by atoms with Gasteiger partial charge in [0.05, 0.1) is 11.6 Å². The molecule has 1 saturated carbocycles. The van der Waals surface area contributed by atoms with Gasteiger partial charge in [0.2, 0.25) is 5.91 Å². The molecule has 2 aliphatic rings. The van der Waals surface area contributed by atoms with Gasteiger partial charge in [-0.1, -0.05) is 18.9 Å². The molecule has 0 bridgehead atoms. The third kappa shape index (κ3) is 2.55. The number of amides is 1. The van der Waals surface area contributed by atoms with Crippen LogP contribution in [-0.2, 0) is 11.2 Å². The minimum absolute atomic E-state index is 0.0346. The zero-order valence-electron chi connectivity index (χ0n) is 12.3. The van der Waals surface area contributed by atoms with E-state index in [0.29, 0.717) is 5.56 Å². The summed E-state index contributed by atoms with van der Waals surface area (Å²) in [4.78, 5) is 25.6. The molecule has 112 valence electrons. The summed E-state index contributed by atoms with van der Waals surface area (Å²) in [6.07, 6.45) is 6.11. The van der Waals surface area contributed by atoms with Crippen molar-refractivity contribution >= 4 is 11.9 Å². The monoisotopic (exact) mass is 287 g/mol. The molecule has 1 amide bonds. The Morgan fingerprint density at radius 2 is 1.90 bits per heavy atom. The number of carbonyl (C=O) groups excluding carboxylic acids is 1. The van der Waals surface area contributed by atoms with Crippen LogP contribution in [-0.4, -0.2) is 28.9 Å². The first-order chi connectivity index (χ1) is 10.1. The Balaban J connectivity index is 1.83. The molecule has 0 saturated heterocycles. The van der Waals surface area contributed by atoms with Crippen LogP contribution in [0.2, 0.25) is 0 Å². The number of aryl methyl sites for hydroxylation is 1. The molecule has 0 aliphatic heterocycles. The van der Waals surface area contributed by atoms with Crippen molar-refractivity contribution in [3.63, 3.8) is 0 Å². The molecule has 3 rings (SSSR count). The van der Waals surface area contributed by atoms with Crippen molar-refractivity contribution < 1.29 is 14.7 Å². The Hall–Kier alpha value is -1.84. The standard InChI is InChI=1S/C17H21NO3/c1-18(16(19)12-4-2-3-5-12)15-9-8-11-6-7-13(17(20)21)10-14(11)15/h6-7,10,12,15H,2-5,8-9H2,1H3,(H,20,21). The van der Waals surface area contributed by atoms with Crippen LogP contribution < -0.4 is 0 Å². The average molecular weight is 287 g/mol. The van der Waals surface area contributed by atoms with Crippen molar-refractivity contribution in [1.82, 2.24) is 4.90 Å². The maximum atomic E-state index is 12.6. The summed E-state index contributed by atoms with van der Waals surface area (Å²) in [5.41, 5.74) is 2.50. The van der Waals surface area contributed by atoms with E-state index in [1.54, 1.807) is 12.1 Å². The predicted molar refractivity (Wildman–Crippen MR) is 79.2 cm³/mol. The van der Waals surface area contributed by atoms with Gasteiger partial charge in [0.15, 0.2) is 0 Å². The first-order valence-electron chi connectivity index (χ1n) is 7.70. The number of hydrogen-bond acceptors (Lipinski definition) is 2. The van der Waals surface area contributed by atoms with E-state index in [1.165, 1.54) is 5.56 Å². The molecule has 1 atom stereocenters. The van der Waals surface area contributed by atoms with Gasteiger partial charge >= 0.3 is 5.97 Å². The number of nitrogens with zero attached hydrogens (tertiary/aromatic N) is 1. The highest BCUT2D eigenvalue weighted by molar-refractivity contribution is 5.88. The molecule has 4 heteroatoms. The third-order valence-electron chi connectivity index (χ3n) is 4.96. The molecule has 0 radical (unpaired) electrons. The second kappa shape index (κ2) is 5.51. The molecule has 1 fully saturated rings. The Kier molecular flexibility index (Phi) is 3.70. The Bertz CT molecular complexity index is 575. The number of carboxylic acids is 1. The van der Waals surface area contributed by atoms with Crippen molar-refractivity contribution in [1.29, 1.82) is 0 Å². The Morgan fingerprint density at radius 3 is 2.57 bits per heavy atom. The van der Waals surface area contributed by atoms with E-state index in [1.807, 2.05) is 18.0 Å². The predicted octanol–water partition coefficient (Wildman–Crippen LogP) is 3.02. The van der Waals surface area contributed by atoms with Gasteiger partial charge in [-0.15, -0.1) is 0 Å². The fourth-order valence-electron chi connectivity index (χ4n) is 3.73. The zero-order chi connectivity index (χ0) is 15.0. The molecule has 1 unspecified atom stereocenters. The van der Waals surface area contributed by atoms with E-state index in [9.17, 15) is 9.59 Å². The van der Waals surface area contributed by atoms with Crippen LogP contribution in [0.1, 0.15) is 59.6 Å². The van der Waals surface area contributed by atoms with Gasteiger partial charge in [0, 0.05) is 13.0 Å². The molecular weight excluding hydrogens is 266 g/mol. The van der Waals surface area contributed by atoms with Gasteiger partial charge in [-0.2, -0.15) is 0 Å². The molecule has 0 spiro atoms. The quantitative estimate of drug-likeness (QED) is 0.929. The van der Waals surface area contributed by atoms with E-state index in [4.69, 9.17) is 5.11 Å². The summed E-state index contributed by atoms with van der Waals surface area (Å²) in [6, 6.07) is 5.33. The summed E-state index contributed by atoms with van der Waals surface area (Å²) < 4.78 is 0. The number of carbonyl (C=O) groups is 2. The number of rotatable bonds is 3. The number of hydrogen-bond donors (Lipinski definition) is 1. The fourth-order valence-corrected chi connectivity index (χ4v) is 3.73. The van der Waals surface area contributed by atoms with Gasteiger partial charge in [-0.3, -0.25) is 4.79 Å². The molecule has 4 nitrogen and oxygen atoms in total. The van der Waals surface area contributed by atoms with Gasteiger partial charge < -0.3 is 10.0 Å². The first kappa shape index (κ1) is 14.1. The molecule has 21 heavy (non-hydrogen) atoms. The van der Waals surface area contributed by atoms with E-state index < -0.39 is 5.97 Å². The molecule has 1 aromatic rings. The second-order valence-corrected chi connectivity index (χ2v) is 6.20. The lowest BCUT2D eigenvalue weighted by molar-refractivity contribution is -0.136. The lowest BCUT2D eigenvalue weighted by Crippen LogP contribution is -2.34. The van der Waals surface area contributed by atoms with Crippen LogP contribution in [0, 0.1) is 5.92 Å². The Morgan fingerprint density at radius 1 is 1.19 bits per heavy atom. The van der Waals surface area contributed by atoms with E-state index in [0.717, 1.165) is 44.1 Å². The lowest BCUT2D eigenvalue weighted by Gasteiger charge is -2.28. The fraction of sp³-hybridized carbons (Fsp3) is 0.529. The molecule has 1 aromatic carbocycles. The van der Waals surface area contributed by atoms with E-state index in [-0.39, 0.29) is 17.9 Å². The van der Waals surface area contributed by atoms with Crippen molar-refractivity contribution in [3.8, 4) is 0 Å². The van der Waals surface area contributed by atoms with E-state index in [2.05, 4.69) is 0 Å². The maximum Gasteiger partial charge on any atom is 0.335 e. The van der Waals surface area contributed by atoms with E-state index >= 15 is 0 Å². The van der Waals surface area contributed by atoms with Crippen molar-refractivity contribution in [3.05, 3.63) is 34.9 Å². The van der Waals surface area contributed by atoms with Crippen LogP contribution in [0.25, 0.3) is 0 Å². The summed E-state index contributed by atoms with van der Waals surface area (Å²) in [6.45, 7) is 0. The van der Waals surface area contributed by atoms with Gasteiger partial charge in [0.25, 0.3) is 0 Å². The largest absolute Gasteiger partial charge is 0.478 e. The third-order valence-corrected chi connectivity index (χ3v) is 4.96. The smallest absolute Gasteiger partial charge is 0.335 e. The highest BCUT2D eigenvalue weighted by Gasteiger charge is 2.33. The number of benzene rings is 1. The normalized spacial score (nSPS) is 21.3. The van der Waals surface area contributed by atoms with Gasteiger partial charge in [-0.25, -0.2) is 4.79 Å². The van der Waals surface area contributed by atoms with Crippen LogP contribution in [0.15, 0.2) is 18.2 Å². The maximum absolute atomic E-state index is 12.6. The van der Waals surface area contributed by atoms with Crippen molar-refractivity contribution in [2.45, 2.75) is 44.6 Å². The summed E-state index contributed by atoms with van der Waals surface area (Å²) in [5, 5.41) is 9.14. The van der Waals surface area contributed by atoms with Gasteiger partial charge in [-0.05, 0) is 48.9 Å². The minimum Gasteiger partial charge on any atom is -0.478 e. The van der Waals surface area contributed by atoms with Crippen LogP contribution in [0.5, 0.6) is 0 Å². The molecule has 0 heterocycles. The SMILES string of the molecule is CN(C(=O)C1CCCC1)C1CCc2ccc(C(=O)O)cc21.